The van der Waals surface area contributed by atoms with E-state index in [9.17, 15) is 5.11 Å². The topological polar surface area (TPSA) is 64.5 Å². The zero-order chi connectivity index (χ0) is 11.4. The van der Waals surface area contributed by atoms with Crippen molar-refractivity contribution in [2.75, 3.05) is 14.2 Å². The fraction of sp³-hybridized carbons (Fsp3) is 0.500. The number of aromatic nitrogens is 2. The molecule has 0 saturated heterocycles. The Morgan fingerprint density at radius 2 is 2.00 bits per heavy atom. The van der Waals surface area contributed by atoms with E-state index in [-0.39, 0.29) is 7.94 Å². The number of nitrogens with zero attached hydrogens (tertiary/aromatic N) is 2. The summed E-state index contributed by atoms with van der Waals surface area (Å²) in [7, 11) is 2.97. The van der Waals surface area contributed by atoms with Gasteiger partial charge < -0.3 is 14.6 Å². The number of aliphatic hydroxyl groups excluding tert-OH is 1. The minimum absolute atomic E-state index is 0.0195. The van der Waals surface area contributed by atoms with Crippen LogP contribution in [0.25, 0.3) is 0 Å². The lowest BCUT2D eigenvalue weighted by Gasteiger charge is -2.14. The highest BCUT2D eigenvalue weighted by molar-refractivity contribution is 14.2. The SMILES string of the molecule is COc1ncc(C(O)C(I)I)c(OC)n1. The molecule has 0 saturated carbocycles. The first kappa shape index (κ1) is 13.2. The van der Waals surface area contributed by atoms with Crippen LogP contribution in [0.2, 0.25) is 0 Å². The smallest absolute Gasteiger partial charge is 0.319 e. The molecule has 0 spiro atoms. The monoisotopic (exact) mass is 436 g/mol. The van der Waals surface area contributed by atoms with E-state index < -0.39 is 6.10 Å². The lowest BCUT2D eigenvalue weighted by Crippen LogP contribution is -2.09. The highest BCUT2D eigenvalue weighted by Gasteiger charge is 2.21. The van der Waals surface area contributed by atoms with Gasteiger partial charge in [0, 0.05) is 6.20 Å². The van der Waals surface area contributed by atoms with Crippen LogP contribution in [0, 0.1) is 0 Å². The Kier molecular flexibility index (Phi) is 5.26. The number of halogens is 2. The van der Waals surface area contributed by atoms with E-state index in [1.807, 2.05) is 0 Å². The Hall–Kier alpha value is 0.1000. The van der Waals surface area contributed by atoms with Crippen LogP contribution >= 0.6 is 45.2 Å². The summed E-state index contributed by atoms with van der Waals surface area (Å²) in [6.45, 7) is 0. The number of hydrogen-bond donors (Lipinski definition) is 1. The normalized spacial score (nSPS) is 12.7. The van der Waals surface area contributed by atoms with E-state index in [4.69, 9.17) is 9.47 Å². The predicted molar refractivity (Wildman–Crippen MR) is 71.9 cm³/mol. The van der Waals surface area contributed by atoms with Gasteiger partial charge in [0.2, 0.25) is 5.88 Å². The summed E-state index contributed by atoms with van der Waals surface area (Å²) in [4.78, 5) is 7.92. The number of ether oxygens (including phenoxy) is 2. The van der Waals surface area contributed by atoms with Crippen LogP contribution in [-0.4, -0.2) is 31.2 Å². The molecule has 0 bridgehead atoms. The molecule has 1 atom stereocenters. The van der Waals surface area contributed by atoms with Crippen LogP contribution < -0.4 is 9.47 Å². The van der Waals surface area contributed by atoms with Crippen LogP contribution in [0.15, 0.2) is 6.20 Å². The van der Waals surface area contributed by atoms with Gasteiger partial charge in [-0.3, -0.25) is 0 Å². The van der Waals surface area contributed by atoms with E-state index in [2.05, 4.69) is 55.1 Å². The van der Waals surface area contributed by atoms with Gasteiger partial charge in [-0.2, -0.15) is 4.98 Å². The summed E-state index contributed by atoms with van der Waals surface area (Å²) in [6, 6.07) is 0.223. The lowest BCUT2D eigenvalue weighted by molar-refractivity contribution is 0.195. The van der Waals surface area contributed by atoms with Gasteiger partial charge >= 0.3 is 6.01 Å². The van der Waals surface area contributed by atoms with Crippen molar-refractivity contribution >= 4 is 45.2 Å². The van der Waals surface area contributed by atoms with Crippen LogP contribution in [0.4, 0.5) is 0 Å². The summed E-state index contributed by atoms with van der Waals surface area (Å²) in [6.07, 6.45) is 0.853. The number of methoxy groups -OCH3 is 2. The Morgan fingerprint density at radius 1 is 1.33 bits per heavy atom. The zero-order valence-corrected chi connectivity index (χ0v) is 12.5. The molecule has 0 aliphatic heterocycles. The molecule has 84 valence electrons. The van der Waals surface area contributed by atoms with Crippen molar-refractivity contribution in [1.29, 1.82) is 0 Å². The molecule has 1 aromatic heterocycles. The van der Waals surface area contributed by atoms with Gasteiger partial charge in [-0.15, -0.1) is 0 Å². The zero-order valence-electron chi connectivity index (χ0n) is 8.15. The van der Waals surface area contributed by atoms with Crippen LogP contribution in [-0.2, 0) is 0 Å². The number of alkyl halides is 2. The maximum atomic E-state index is 9.86. The predicted octanol–water partition coefficient (Wildman–Crippen LogP) is 1.72. The van der Waals surface area contributed by atoms with Crippen LogP contribution in [0.3, 0.4) is 0 Å². The Labute approximate surface area is 115 Å². The Bertz CT molecular complexity index is 336. The third-order valence-corrected chi connectivity index (χ3v) is 3.05. The van der Waals surface area contributed by atoms with Crippen molar-refractivity contribution in [2.45, 2.75) is 8.04 Å². The van der Waals surface area contributed by atoms with Gasteiger partial charge in [-0.05, 0) is 0 Å². The Balaban J connectivity index is 3.07. The van der Waals surface area contributed by atoms with Crippen molar-refractivity contribution < 1.29 is 14.6 Å². The molecule has 1 N–H and O–H groups in total. The van der Waals surface area contributed by atoms with Crippen LogP contribution in [0.1, 0.15) is 11.7 Å². The molecular formula is C8H10I2N2O3. The average Bonchev–Trinajstić information content (AvgIpc) is 2.27. The highest BCUT2D eigenvalue weighted by atomic mass is 127. The van der Waals surface area contributed by atoms with Crippen molar-refractivity contribution in [3.05, 3.63) is 11.8 Å². The van der Waals surface area contributed by atoms with E-state index in [1.165, 1.54) is 20.4 Å². The van der Waals surface area contributed by atoms with Gasteiger partial charge in [0.25, 0.3) is 0 Å². The second-order valence-corrected chi connectivity index (χ2v) is 7.67. The van der Waals surface area contributed by atoms with E-state index in [0.717, 1.165) is 0 Å². The summed E-state index contributed by atoms with van der Waals surface area (Å²) >= 11 is 4.23. The van der Waals surface area contributed by atoms with Gasteiger partial charge in [0.05, 0.1) is 21.7 Å². The van der Waals surface area contributed by atoms with Gasteiger partial charge in [-0.1, -0.05) is 45.2 Å². The molecular weight excluding hydrogens is 426 g/mol. The minimum atomic E-state index is -0.660. The molecule has 0 amide bonds. The molecule has 0 aliphatic carbocycles. The first-order valence-electron chi connectivity index (χ1n) is 4.01. The summed E-state index contributed by atoms with van der Waals surface area (Å²) < 4.78 is 9.95. The molecule has 1 aromatic rings. The minimum Gasteiger partial charge on any atom is -0.481 e. The van der Waals surface area contributed by atoms with Crippen molar-refractivity contribution in [3.63, 3.8) is 0 Å². The highest BCUT2D eigenvalue weighted by Crippen LogP contribution is 2.32. The number of rotatable bonds is 4. The summed E-state index contributed by atoms with van der Waals surface area (Å²) in [5.41, 5.74) is 0.562. The lowest BCUT2D eigenvalue weighted by atomic mass is 10.2. The number of hydrogen-bond acceptors (Lipinski definition) is 5. The molecule has 0 aliphatic rings. The van der Waals surface area contributed by atoms with Crippen molar-refractivity contribution in [3.8, 4) is 11.9 Å². The molecule has 5 nitrogen and oxygen atoms in total. The van der Waals surface area contributed by atoms with E-state index in [1.54, 1.807) is 0 Å². The second kappa shape index (κ2) is 5.99. The molecule has 7 heteroatoms. The molecule has 0 radical (unpaired) electrons. The second-order valence-electron chi connectivity index (χ2n) is 2.60. The fourth-order valence-electron chi connectivity index (χ4n) is 0.961. The molecule has 1 unspecified atom stereocenters. The molecule has 0 fully saturated rings. The maximum Gasteiger partial charge on any atom is 0.319 e. The standard InChI is InChI=1S/C8H10I2N2O3/c1-14-7-4(5(13)6(9)10)3-11-8(12-7)15-2/h3,5-6,13H,1-2H3. The Morgan fingerprint density at radius 3 is 2.47 bits per heavy atom. The van der Waals surface area contributed by atoms with Crippen molar-refractivity contribution in [2.24, 2.45) is 0 Å². The third kappa shape index (κ3) is 3.28. The molecule has 0 aromatic carbocycles. The molecule has 1 heterocycles. The summed E-state index contributed by atoms with van der Waals surface area (Å²) in [5, 5.41) is 9.86. The van der Waals surface area contributed by atoms with Crippen LogP contribution in [0.5, 0.6) is 11.9 Å². The van der Waals surface area contributed by atoms with Gasteiger partial charge in [0.15, 0.2) is 0 Å². The van der Waals surface area contributed by atoms with Gasteiger partial charge in [-0.25, -0.2) is 4.98 Å². The largest absolute Gasteiger partial charge is 0.481 e. The summed E-state index contributed by atoms with van der Waals surface area (Å²) in [5.74, 6) is 0.340. The molecule has 1 rings (SSSR count). The third-order valence-electron chi connectivity index (χ3n) is 1.69. The quantitative estimate of drug-likeness (QED) is 0.576. The van der Waals surface area contributed by atoms with Crippen molar-refractivity contribution in [1.82, 2.24) is 9.97 Å². The van der Waals surface area contributed by atoms with E-state index >= 15 is 0 Å². The number of aliphatic hydroxyl groups is 1. The first-order chi connectivity index (χ1) is 7.10. The average molecular weight is 436 g/mol. The molecule has 15 heavy (non-hydrogen) atoms. The maximum absolute atomic E-state index is 9.86. The first-order valence-corrected chi connectivity index (χ1v) is 6.50. The van der Waals surface area contributed by atoms with E-state index in [0.29, 0.717) is 11.4 Å². The van der Waals surface area contributed by atoms with Gasteiger partial charge in [0.1, 0.15) is 6.10 Å². The fourth-order valence-corrected chi connectivity index (χ4v) is 1.74.